The second-order valence-corrected chi connectivity index (χ2v) is 3.69. The molecule has 0 radical (unpaired) electrons. The van der Waals surface area contributed by atoms with E-state index in [-0.39, 0.29) is 12.4 Å². The van der Waals surface area contributed by atoms with E-state index in [0.717, 1.165) is 5.56 Å². The van der Waals surface area contributed by atoms with Crippen LogP contribution in [0.2, 0.25) is 0 Å². The van der Waals surface area contributed by atoms with Crippen LogP contribution in [0.15, 0.2) is 36.4 Å². The Bertz CT molecular complexity index is 324. The Morgan fingerprint density at radius 3 is 2.80 bits per heavy atom. The van der Waals surface area contributed by atoms with Crippen LogP contribution in [0.3, 0.4) is 0 Å². The number of hydrogen-bond acceptors (Lipinski definition) is 2. The SMILES string of the molecule is ClC[C@@H]1CO[C@@H](/C=C/c2ccccc2)O1. The molecule has 80 valence electrons. The van der Waals surface area contributed by atoms with Crippen LogP contribution in [-0.4, -0.2) is 24.9 Å². The predicted molar refractivity (Wildman–Crippen MR) is 60.8 cm³/mol. The van der Waals surface area contributed by atoms with Crippen molar-refractivity contribution in [1.82, 2.24) is 0 Å². The first-order valence-corrected chi connectivity index (χ1v) is 5.48. The van der Waals surface area contributed by atoms with E-state index < -0.39 is 0 Å². The molecule has 15 heavy (non-hydrogen) atoms. The van der Waals surface area contributed by atoms with Gasteiger partial charge in [0.25, 0.3) is 0 Å². The second kappa shape index (κ2) is 5.31. The van der Waals surface area contributed by atoms with Gasteiger partial charge in [-0.25, -0.2) is 0 Å². The van der Waals surface area contributed by atoms with E-state index in [1.54, 1.807) is 0 Å². The molecule has 1 aromatic carbocycles. The van der Waals surface area contributed by atoms with Crippen molar-refractivity contribution >= 4 is 17.7 Å². The molecule has 1 heterocycles. The summed E-state index contributed by atoms with van der Waals surface area (Å²) in [6, 6.07) is 10.0. The predicted octanol–water partition coefficient (Wildman–Crippen LogP) is 2.68. The summed E-state index contributed by atoms with van der Waals surface area (Å²) in [7, 11) is 0. The highest BCUT2D eigenvalue weighted by atomic mass is 35.5. The lowest BCUT2D eigenvalue weighted by Gasteiger charge is -2.04. The third-order valence-corrected chi connectivity index (χ3v) is 2.53. The molecule has 0 amide bonds. The molecule has 0 aromatic heterocycles. The lowest BCUT2D eigenvalue weighted by atomic mass is 10.2. The first-order valence-electron chi connectivity index (χ1n) is 4.95. The maximum absolute atomic E-state index is 5.66. The number of benzene rings is 1. The summed E-state index contributed by atoms with van der Waals surface area (Å²) in [5, 5.41) is 0. The average molecular weight is 225 g/mol. The molecule has 0 aliphatic carbocycles. The molecule has 0 spiro atoms. The minimum absolute atomic E-state index is 0.0251. The van der Waals surface area contributed by atoms with Gasteiger partial charge in [0.1, 0.15) is 0 Å². The number of alkyl halides is 1. The van der Waals surface area contributed by atoms with Crippen molar-refractivity contribution in [2.45, 2.75) is 12.4 Å². The maximum atomic E-state index is 5.66. The maximum Gasteiger partial charge on any atom is 0.177 e. The van der Waals surface area contributed by atoms with Crippen LogP contribution in [0.5, 0.6) is 0 Å². The van der Waals surface area contributed by atoms with Crippen molar-refractivity contribution in [2.24, 2.45) is 0 Å². The van der Waals surface area contributed by atoms with Crippen molar-refractivity contribution < 1.29 is 9.47 Å². The van der Waals surface area contributed by atoms with Crippen molar-refractivity contribution in [3.8, 4) is 0 Å². The molecule has 1 aromatic rings. The Kier molecular flexibility index (Phi) is 3.78. The van der Waals surface area contributed by atoms with E-state index in [1.165, 1.54) is 0 Å². The van der Waals surface area contributed by atoms with E-state index in [2.05, 4.69) is 0 Å². The standard InChI is InChI=1S/C12H13ClO2/c13-8-11-9-14-12(15-11)7-6-10-4-2-1-3-5-10/h1-7,11-12H,8-9H2/b7-6+/t11-,12-/m1/s1. The second-order valence-electron chi connectivity index (χ2n) is 3.38. The van der Waals surface area contributed by atoms with Crippen LogP contribution in [0, 0.1) is 0 Å². The molecular weight excluding hydrogens is 212 g/mol. The molecular formula is C12H13ClO2. The van der Waals surface area contributed by atoms with Gasteiger partial charge >= 0.3 is 0 Å². The van der Waals surface area contributed by atoms with Gasteiger partial charge in [-0.15, -0.1) is 11.6 Å². The number of hydrogen-bond donors (Lipinski definition) is 0. The van der Waals surface area contributed by atoms with Crippen LogP contribution in [0.1, 0.15) is 5.56 Å². The molecule has 2 atom stereocenters. The topological polar surface area (TPSA) is 18.5 Å². The fourth-order valence-electron chi connectivity index (χ4n) is 1.41. The summed E-state index contributed by atoms with van der Waals surface area (Å²) in [4.78, 5) is 0. The Morgan fingerprint density at radius 1 is 1.33 bits per heavy atom. The largest absolute Gasteiger partial charge is 0.346 e. The molecule has 0 N–H and O–H groups in total. The van der Waals surface area contributed by atoms with Gasteiger partial charge in [0, 0.05) is 0 Å². The van der Waals surface area contributed by atoms with Gasteiger partial charge in [0.2, 0.25) is 0 Å². The minimum atomic E-state index is -0.256. The molecule has 1 aliphatic heterocycles. The zero-order valence-electron chi connectivity index (χ0n) is 8.30. The minimum Gasteiger partial charge on any atom is -0.346 e. The van der Waals surface area contributed by atoms with Crippen LogP contribution in [0.25, 0.3) is 6.08 Å². The summed E-state index contributed by atoms with van der Waals surface area (Å²) < 4.78 is 10.9. The lowest BCUT2D eigenvalue weighted by Crippen LogP contribution is -2.12. The average Bonchev–Trinajstić information content (AvgIpc) is 2.76. The van der Waals surface area contributed by atoms with Gasteiger partial charge in [-0.1, -0.05) is 36.4 Å². The third-order valence-electron chi connectivity index (χ3n) is 2.19. The summed E-state index contributed by atoms with van der Waals surface area (Å²) in [6.07, 6.45) is 3.66. The van der Waals surface area contributed by atoms with Gasteiger partial charge in [0.15, 0.2) is 6.29 Å². The molecule has 1 aliphatic rings. The van der Waals surface area contributed by atoms with E-state index in [9.17, 15) is 0 Å². The van der Waals surface area contributed by atoms with Crippen molar-refractivity contribution in [3.05, 3.63) is 42.0 Å². The van der Waals surface area contributed by atoms with Crippen LogP contribution in [-0.2, 0) is 9.47 Å². The number of ether oxygens (including phenoxy) is 2. The van der Waals surface area contributed by atoms with Crippen molar-refractivity contribution in [1.29, 1.82) is 0 Å². The lowest BCUT2D eigenvalue weighted by molar-refractivity contribution is -0.0149. The Morgan fingerprint density at radius 2 is 2.13 bits per heavy atom. The van der Waals surface area contributed by atoms with Gasteiger partial charge in [-0.3, -0.25) is 0 Å². The smallest absolute Gasteiger partial charge is 0.177 e. The highest BCUT2D eigenvalue weighted by molar-refractivity contribution is 6.18. The van der Waals surface area contributed by atoms with Crippen molar-refractivity contribution in [2.75, 3.05) is 12.5 Å². The summed E-state index contributed by atoms with van der Waals surface area (Å²) in [5.74, 6) is 0.482. The molecule has 1 saturated heterocycles. The highest BCUT2D eigenvalue weighted by Gasteiger charge is 2.22. The Balaban J connectivity index is 1.90. The molecule has 3 heteroatoms. The van der Waals surface area contributed by atoms with Crippen molar-refractivity contribution in [3.63, 3.8) is 0 Å². The highest BCUT2D eigenvalue weighted by Crippen LogP contribution is 2.15. The van der Waals surface area contributed by atoms with E-state index in [0.29, 0.717) is 12.5 Å². The van der Waals surface area contributed by atoms with E-state index >= 15 is 0 Å². The summed E-state index contributed by atoms with van der Waals surface area (Å²) in [5.41, 5.74) is 1.14. The van der Waals surface area contributed by atoms with Gasteiger partial charge in [-0.2, -0.15) is 0 Å². The summed E-state index contributed by atoms with van der Waals surface area (Å²) in [6.45, 7) is 0.577. The fraction of sp³-hybridized carbons (Fsp3) is 0.333. The first kappa shape index (κ1) is 10.7. The third kappa shape index (κ3) is 3.06. The molecule has 0 bridgehead atoms. The van der Waals surface area contributed by atoms with Gasteiger partial charge < -0.3 is 9.47 Å². The monoisotopic (exact) mass is 224 g/mol. The molecule has 2 nitrogen and oxygen atoms in total. The first-order chi connectivity index (χ1) is 7.38. The zero-order chi connectivity index (χ0) is 10.5. The fourth-order valence-corrected chi connectivity index (χ4v) is 1.57. The van der Waals surface area contributed by atoms with E-state index in [1.807, 2.05) is 42.5 Å². The molecule has 2 rings (SSSR count). The molecule has 1 fully saturated rings. The van der Waals surface area contributed by atoms with Crippen LogP contribution in [0.4, 0.5) is 0 Å². The Hall–Kier alpha value is -0.830. The Labute approximate surface area is 94.5 Å². The molecule has 0 saturated carbocycles. The quantitative estimate of drug-likeness (QED) is 0.735. The molecule has 0 unspecified atom stereocenters. The van der Waals surface area contributed by atoms with Gasteiger partial charge in [0.05, 0.1) is 18.6 Å². The zero-order valence-corrected chi connectivity index (χ0v) is 9.06. The van der Waals surface area contributed by atoms with E-state index in [4.69, 9.17) is 21.1 Å². The van der Waals surface area contributed by atoms with Crippen LogP contribution >= 0.6 is 11.6 Å². The normalized spacial score (nSPS) is 26.2. The van der Waals surface area contributed by atoms with Gasteiger partial charge in [-0.05, 0) is 11.6 Å². The number of halogens is 1. The number of rotatable bonds is 3. The van der Waals surface area contributed by atoms with Crippen LogP contribution < -0.4 is 0 Å². The summed E-state index contributed by atoms with van der Waals surface area (Å²) >= 11 is 5.66.